The highest BCUT2D eigenvalue weighted by molar-refractivity contribution is 5.94. The number of nitrogen functional groups attached to an aromatic ring is 1. The third-order valence-corrected chi connectivity index (χ3v) is 1.01. The Morgan fingerprint density at radius 2 is 2.50 bits per heavy atom. The SMILES string of the molecule is N=C(N)c1cnc[nH]c1=O. The minimum absolute atomic E-state index is 0.0995. The smallest absolute Gasteiger partial charge is 0.261 e. The molecule has 52 valence electrons. The van der Waals surface area contributed by atoms with Crippen LogP contribution in [0.1, 0.15) is 5.56 Å². The maximum atomic E-state index is 10.7. The van der Waals surface area contributed by atoms with Crippen LogP contribution in [-0.4, -0.2) is 15.8 Å². The van der Waals surface area contributed by atoms with Gasteiger partial charge >= 0.3 is 0 Å². The Morgan fingerprint density at radius 1 is 1.80 bits per heavy atom. The average molecular weight is 138 g/mol. The molecule has 4 N–H and O–H groups in total. The van der Waals surface area contributed by atoms with Crippen LogP contribution < -0.4 is 11.3 Å². The summed E-state index contributed by atoms with van der Waals surface area (Å²) in [6.45, 7) is 0. The second kappa shape index (κ2) is 2.30. The predicted octanol–water partition coefficient (Wildman–Crippen LogP) is -0.946. The van der Waals surface area contributed by atoms with Crippen LogP contribution in [0.15, 0.2) is 17.3 Å². The van der Waals surface area contributed by atoms with Gasteiger partial charge in [-0.3, -0.25) is 10.2 Å². The highest BCUT2D eigenvalue weighted by Gasteiger charge is 1.99. The molecule has 0 bridgehead atoms. The summed E-state index contributed by atoms with van der Waals surface area (Å²) in [6.07, 6.45) is 2.50. The van der Waals surface area contributed by atoms with E-state index in [2.05, 4.69) is 9.97 Å². The lowest BCUT2D eigenvalue weighted by Crippen LogP contribution is -2.23. The van der Waals surface area contributed by atoms with Gasteiger partial charge in [-0.25, -0.2) is 4.98 Å². The van der Waals surface area contributed by atoms with Gasteiger partial charge in [-0.2, -0.15) is 0 Å². The summed E-state index contributed by atoms with van der Waals surface area (Å²) in [4.78, 5) is 16.6. The second-order valence-corrected chi connectivity index (χ2v) is 1.71. The lowest BCUT2D eigenvalue weighted by atomic mass is 10.3. The van der Waals surface area contributed by atoms with Crippen molar-refractivity contribution in [3.8, 4) is 0 Å². The Labute approximate surface area is 56.4 Å². The Balaban J connectivity index is 3.29. The molecule has 0 amide bonds. The Morgan fingerprint density at radius 3 is 2.90 bits per heavy atom. The topological polar surface area (TPSA) is 95.6 Å². The number of H-pyrrole nitrogens is 1. The van der Waals surface area contributed by atoms with E-state index in [0.29, 0.717) is 0 Å². The van der Waals surface area contributed by atoms with Crippen molar-refractivity contribution < 1.29 is 0 Å². The molecule has 0 aromatic carbocycles. The van der Waals surface area contributed by atoms with Crippen molar-refractivity contribution >= 4 is 5.84 Å². The van der Waals surface area contributed by atoms with Crippen molar-refractivity contribution in [2.45, 2.75) is 0 Å². The molecule has 1 heterocycles. The van der Waals surface area contributed by atoms with Gasteiger partial charge in [-0.1, -0.05) is 0 Å². The normalized spacial score (nSPS) is 9.20. The molecule has 5 heteroatoms. The Bertz CT molecular complexity index is 303. The van der Waals surface area contributed by atoms with E-state index in [1.807, 2.05) is 0 Å². The zero-order valence-corrected chi connectivity index (χ0v) is 5.09. The van der Waals surface area contributed by atoms with Gasteiger partial charge in [0.1, 0.15) is 5.84 Å². The Kier molecular flexibility index (Phi) is 1.49. The molecule has 0 aliphatic carbocycles. The number of aromatic nitrogens is 2. The fourth-order valence-corrected chi connectivity index (χ4v) is 0.536. The summed E-state index contributed by atoms with van der Waals surface area (Å²) in [5, 5.41) is 6.89. The van der Waals surface area contributed by atoms with Gasteiger partial charge < -0.3 is 10.7 Å². The van der Waals surface area contributed by atoms with E-state index < -0.39 is 0 Å². The number of nitrogens with zero attached hydrogens (tertiary/aromatic N) is 1. The number of hydrogen-bond donors (Lipinski definition) is 3. The van der Waals surface area contributed by atoms with Crippen LogP contribution in [0.4, 0.5) is 0 Å². The van der Waals surface area contributed by atoms with E-state index in [-0.39, 0.29) is 17.0 Å². The molecule has 0 aliphatic heterocycles. The second-order valence-electron chi connectivity index (χ2n) is 1.71. The van der Waals surface area contributed by atoms with Crippen molar-refractivity contribution in [3.63, 3.8) is 0 Å². The Hall–Kier alpha value is -1.65. The predicted molar refractivity (Wildman–Crippen MR) is 35.9 cm³/mol. The third kappa shape index (κ3) is 1.02. The fourth-order valence-electron chi connectivity index (χ4n) is 0.536. The number of nitrogens with two attached hydrogens (primary N) is 1. The van der Waals surface area contributed by atoms with Crippen LogP contribution >= 0.6 is 0 Å². The first kappa shape index (κ1) is 6.47. The molecular formula is C5H6N4O. The van der Waals surface area contributed by atoms with Crippen LogP contribution in [0, 0.1) is 5.41 Å². The van der Waals surface area contributed by atoms with Crippen molar-refractivity contribution in [3.05, 3.63) is 28.4 Å². The minimum Gasteiger partial charge on any atom is -0.383 e. The molecule has 0 unspecified atom stereocenters. The summed E-state index contributed by atoms with van der Waals surface area (Å²) in [5.74, 6) is -0.269. The van der Waals surface area contributed by atoms with Gasteiger partial charge in [0.25, 0.3) is 5.56 Å². The van der Waals surface area contributed by atoms with E-state index in [0.717, 1.165) is 0 Å². The molecule has 1 aromatic heterocycles. The van der Waals surface area contributed by atoms with Gasteiger partial charge in [-0.15, -0.1) is 0 Å². The number of rotatable bonds is 1. The molecule has 10 heavy (non-hydrogen) atoms. The molecule has 0 atom stereocenters. The van der Waals surface area contributed by atoms with Crippen LogP contribution in [-0.2, 0) is 0 Å². The molecule has 0 fully saturated rings. The first-order chi connectivity index (χ1) is 4.72. The van der Waals surface area contributed by atoms with Crippen molar-refractivity contribution in [2.24, 2.45) is 5.73 Å². The van der Waals surface area contributed by atoms with Gasteiger partial charge in [0.15, 0.2) is 0 Å². The number of nitrogens with one attached hydrogen (secondary N) is 2. The van der Waals surface area contributed by atoms with Crippen molar-refractivity contribution in [2.75, 3.05) is 0 Å². The maximum absolute atomic E-state index is 10.7. The number of amidine groups is 1. The van der Waals surface area contributed by atoms with Crippen LogP contribution in [0.3, 0.4) is 0 Å². The third-order valence-electron chi connectivity index (χ3n) is 1.01. The van der Waals surface area contributed by atoms with E-state index in [9.17, 15) is 4.79 Å². The summed E-state index contributed by atoms with van der Waals surface area (Å²) in [5.41, 5.74) is 4.75. The van der Waals surface area contributed by atoms with Gasteiger partial charge in [0, 0.05) is 6.20 Å². The van der Waals surface area contributed by atoms with Gasteiger partial charge in [0.05, 0.1) is 11.9 Å². The van der Waals surface area contributed by atoms with Crippen molar-refractivity contribution in [1.82, 2.24) is 9.97 Å². The van der Waals surface area contributed by atoms with Crippen LogP contribution in [0.25, 0.3) is 0 Å². The zero-order chi connectivity index (χ0) is 7.56. The molecule has 0 radical (unpaired) electrons. The van der Waals surface area contributed by atoms with Gasteiger partial charge in [-0.05, 0) is 0 Å². The quantitative estimate of drug-likeness (QED) is 0.345. The zero-order valence-electron chi connectivity index (χ0n) is 5.09. The molecule has 1 aromatic rings. The fraction of sp³-hybridized carbons (Fsp3) is 0. The minimum atomic E-state index is -0.387. The first-order valence-corrected chi connectivity index (χ1v) is 2.59. The van der Waals surface area contributed by atoms with Crippen LogP contribution in [0.2, 0.25) is 0 Å². The lowest BCUT2D eigenvalue weighted by molar-refractivity contribution is 1.10. The highest BCUT2D eigenvalue weighted by atomic mass is 16.1. The molecule has 5 nitrogen and oxygen atoms in total. The molecule has 0 saturated heterocycles. The monoisotopic (exact) mass is 138 g/mol. The summed E-state index contributed by atoms with van der Waals surface area (Å²) < 4.78 is 0. The molecular weight excluding hydrogens is 132 g/mol. The molecule has 0 aliphatic rings. The highest BCUT2D eigenvalue weighted by Crippen LogP contribution is 1.80. The largest absolute Gasteiger partial charge is 0.383 e. The van der Waals surface area contributed by atoms with E-state index >= 15 is 0 Å². The van der Waals surface area contributed by atoms with E-state index in [1.165, 1.54) is 12.5 Å². The summed E-state index contributed by atoms with van der Waals surface area (Å²) in [7, 11) is 0. The molecule has 1 rings (SSSR count). The van der Waals surface area contributed by atoms with Crippen LogP contribution in [0.5, 0.6) is 0 Å². The maximum Gasteiger partial charge on any atom is 0.261 e. The lowest BCUT2D eigenvalue weighted by Gasteiger charge is -1.91. The number of aromatic amines is 1. The average Bonchev–Trinajstić information content (AvgIpc) is 1.88. The summed E-state index contributed by atoms with van der Waals surface area (Å²) in [6, 6.07) is 0. The van der Waals surface area contributed by atoms with E-state index in [1.54, 1.807) is 0 Å². The first-order valence-electron chi connectivity index (χ1n) is 2.59. The van der Waals surface area contributed by atoms with E-state index in [4.69, 9.17) is 11.1 Å². The molecule has 0 spiro atoms. The summed E-state index contributed by atoms with van der Waals surface area (Å²) >= 11 is 0. The standard InChI is InChI=1S/C5H6N4O/c6-4(7)3-1-8-2-9-5(3)10/h1-2H,(H3,6,7)(H,8,9,10). The number of hydrogen-bond acceptors (Lipinski definition) is 3. The molecule has 0 saturated carbocycles. The van der Waals surface area contributed by atoms with Gasteiger partial charge in [0.2, 0.25) is 0 Å². The van der Waals surface area contributed by atoms with Crippen molar-refractivity contribution in [1.29, 1.82) is 5.41 Å².